The predicted molar refractivity (Wildman–Crippen MR) is 81.1 cm³/mol. The zero-order valence-electron chi connectivity index (χ0n) is 13.1. The maximum atomic E-state index is 12.6. The molecule has 0 N–H and O–H groups in total. The Balaban J connectivity index is 1.65. The third-order valence-electron chi connectivity index (χ3n) is 3.90. The number of ether oxygens (including phenoxy) is 1. The molecule has 0 radical (unpaired) electrons. The predicted octanol–water partition coefficient (Wildman–Crippen LogP) is 2.70. The number of nitro groups is 1. The van der Waals surface area contributed by atoms with E-state index in [0.717, 1.165) is 17.7 Å². The lowest BCUT2D eigenvalue weighted by Crippen LogP contribution is -2.33. The third kappa shape index (κ3) is 4.08. The quantitative estimate of drug-likeness (QED) is 0.624. The summed E-state index contributed by atoms with van der Waals surface area (Å²) < 4.78 is 44.8. The monoisotopic (exact) mass is 356 g/mol. The van der Waals surface area contributed by atoms with Crippen molar-refractivity contribution in [2.75, 3.05) is 19.7 Å². The Kier molecular flexibility index (Phi) is 4.62. The maximum absolute atomic E-state index is 12.6. The summed E-state index contributed by atoms with van der Waals surface area (Å²) in [5.41, 5.74) is 0.0769. The number of hydrogen-bond acceptors (Lipinski definition) is 5. The van der Waals surface area contributed by atoms with Crippen LogP contribution >= 0.6 is 0 Å². The van der Waals surface area contributed by atoms with Gasteiger partial charge in [0, 0.05) is 31.2 Å². The van der Waals surface area contributed by atoms with Crippen molar-refractivity contribution in [2.45, 2.75) is 19.3 Å². The van der Waals surface area contributed by atoms with Gasteiger partial charge in [0.2, 0.25) is 0 Å². The van der Waals surface area contributed by atoms with Crippen molar-refractivity contribution in [3.8, 4) is 6.01 Å². The van der Waals surface area contributed by atoms with Crippen molar-refractivity contribution in [1.82, 2.24) is 14.5 Å². The SMILES string of the molecule is O=[N+]([O-])c1cn2c(n1)OCCN(Cc1ccc(C(F)(F)F)cc1)CC2. The minimum absolute atomic E-state index is 0.209. The van der Waals surface area contributed by atoms with Crippen molar-refractivity contribution in [3.63, 3.8) is 0 Å². The van der Waals surface area contributed by atoms with Crippen LogP contribution in [0.3, 0.4) is 0 Å². The van der Waals surface area contributed by atoms with Gasteiger partial charge in [-0.15, -0.1) is 0 Å². The highest BCUT2D eigenvalue weighted by Crippen LogP contribution is 2.29. The van der Waals surface area contributed by atoms with E-state index < -0.39 is 16.7 Å². The van der Waals surface area contributed by atoms with Crippen LogP contribution < -0.4 is 4.74 Å². The summed E-state index contributed by atoms with van der Waals surface area (Å²) in [6, 6.07) is 5.24. The van der Waals surface area contributed by atoms with E-state index in [2.05, 4.69) is 4.98 Å². The van der Waals surface area contributed by atoms with E-state index in [9.17, 15) is 23.3 Å². The molecule has 1 aromatic heterocycles. The molecule has 0 saturated carbocycles. The molecule has 0 saturated heterocycles. The van der Waals surface area contributed by atoms with Gasteiger partial charge in [0.05, 0.1) is 5.56 Å². The van der Waals surface area contributed by atoms with E-state index in [1.54, 1.807) is 4.57 Å². The first-order valence-electron chi connectivity index (χ1n) is 7.56. The fraction of sp³-hybridized carbons (Fsp3) is 0.400. The Morgan fingerprint density at radius 3 is 2.56 bits per heavy atom. The van der Waals surface area contributed by atoms with Crippen LogP contribution in [0.2, 0.25) is 0 Å². The lowest BCUT2D eigenvalue weighted by molar-refractivity contribution is -0.389. The van der Waals surface area contributed by atoms with Gasteiger partial charge in [-0.25, -0.2) is 0 Å². The van der Waals surface area contributed by atoms with Crippen molar-refractivity contribution in [2.24, 2.45) is 0 Å². The van der Waals surface area contributed by atoms with Crippen molar-refractivity contribution in [1.29, 1.82) is 0 Å². The lowest BCUT2D eigenvalue weighted by Gasteiger charge is -2.24. The molecule has 0 unspecified atom stereocenters. The van der Waals surface area contributed by atoms with Crippen molar-refractivity contribution >= 4 is 5.82 Å². The molecule has 7 nitrogen and oxygen atoms in total. The van der Waals surface area contributed by atoms with Gasteiger partial charge < -0.3 is 14.9 Å². The molecule has 1 aliphatic rings. The molecule has 0 bridgehead atoms. The van der Waals surface area contributed by atoms with E-state index in [4.69, 9.17) is 4.74 Å². The van der Waals surface area contributed by atoms with E-state index in [1.807, 2.05) is 4.90 Å². The van der Waals surface area contributed by atoms with Gasteiger partial charge in [0.1, 0.15) is 12.8 Å². The summed E-state index contributed by atoms with van der Waals surface area (Å²) in [6.07, 6.45) is -3.03. The first kappa shape index (κ1) is 17.2. The number of halogens is 3. The van der Waals surface area contributed by atoms with Gasteiger partial charge >= 0.3 is 18.0 Å². The number of rotatable bonds is 3. The van der Waals surface area contributed by atoms with E-state index in [1.165, 1.54) is 18.3 Å². The van der Waals surface area contributed by atoms with Gasteiger partial charge in [-0.1, -0.05) is 12.1 Å². The maximum Gasteiger partial charge on any atom is 0.416 e. The number of imidazole rings is 1. The van der Waals surface area contributed by atoms with E-state index in [-0.39, 0.29) is 18.4 Å². The number of benzene rings is 1. The third-order valence-corrected chi connectivity index (χ3v) is 3.90. The van der Waals surface area contributed by atoms with Gasteiger partial charge in [-0.2, -0.15) is 13.2 Å². The van der Waals surface area contributed by atoms with Crippen LogP contribution in [-0.4, -0.2) is 39.1 Å². The average Bonchev–Trinajstić information content (AvgIpc) is 2.92. The molecule has 25 heavy (non-hydrogen) atoms. The Hall–Kier alpha value is -2.62. The number of hydrogen-bond donors (Lipinski definition) is 0. The number of aromatic nitrogens is 2. The van der Waals surface area contributed by atoms with Gasteiger partial charge in [0.15, 0.2) is 0 Å². The fourth-order valence-corrected chi connectivity index (χ4v) is 2.59. The summed E-state index contributed by atoms with van der Waals surface area (Å²) in [5.74, 6) is -0.272. The van der Waals surface area contributed by atoms with Gasteiger partial charge in [-0.3, -0.25) is 9.47 Å². The standard InChI is InChI=1S/C15H15F3N4O3/c16-15(17,18)12-3-1-11(2-4-12)9-20-5-6-21-10-13(22(23)24)19-14(21)25-8-7-20/h1-4,10H,5-9H2. The smallest absolute Gasteiger partial charge is 0.416 e. The van der Waals surface area contributed by atoms with Crippen LogP contribution in [0.4, 0.5) is 19.0 Å². The summed E-state index contributed by atoms with van der Waals surface area (Å²) >= 11 is 0. The second-order valence-electron chi connectivity index (χ2n) is 5.65. The second-order valence-corrected chi connectivity index (χ2v) is 5.65. The molecule has 2 aromatic rings. The van der Waals surface area contributed by atoms with Crippen molar-refractivity contribution in [3.05, 3.63) is 51.7 Å². The van der Waals surface area contributed by atoms with Crippen molar-refractivity contribution < 1.29 is 22.8 Å². The molecule has 10 heteroatoms. The molecular weight excluding hydrogens is 341 g/mol. The molecule has 1 aromatic carbocycles. The number of alkyl halides is 3. The normalized spacial score (nSPS) is 15.8. The fourth-order valence-electron chi connectivity index (χ4n) is 2.59. The Morgan fingerprint density at radius 1 is 1.20 bits per heavy atom. The number of fused-ring (bicyclic) bond motifs is 1. The Morgan fingerprint density at radius 2 is 1.92 bits per heavy atom. The lowest BCUT2D eigenvalue weighted by atomic mass is 10.1. The zero-order valence-corrected chi connectivity index (χ0v) is 13.1. The summed E-state index contributed by atoms with van der Waals surface area (Å²) in [5, 5.41) is 10.8. The molecule has 0 spiro atoms. The number of nitrogens with zero attached hydrogens (tertiary/aromatic N) is 4. The molecule has 0 aliphatic carbocycles. The van der Waals surface area contributed by atoms with Crippen LogP contribution in [-0.2, 0) is 19.3 Å². The topological polar surface area (TPSA) is 73.4 Å². The summed E-state index contributed by atoms with van der Waals surface area (Å²) in [4.78, 5) is 16.0. The van der Waals surface area contributed by atoms with Crippen LogP contribution in [0.5, 0.6) is 6.01 Å². The Labute approximate surface area is 140 Å². The van der Waals surface area contributed by atoms with Crippen LogP contribution in [0.1, 0.15) is 11.1 Å². The molecule has 1 aliphatic heterocycles. The minimum atomic E-state index is -4.35. The van der Waals surface area contributed by atoms with E-state index >= 15 is 0 Å². The molecule has 0 atom stereocenters. The molecular formula is C15H15F3N4O3. The highest BCUT2D eigenvalue weighted by molar-refractivity contribution is 5.24. The van der Waals surface area contributed by atoms with Crippen LogP contribution in [0.25, 0.3) is 0 Å². The van der Waals surface area contributed by atoms with E-state index in [0.29, 0.717) is 26.2 Å². The van der Waals surface area contributed by atoms with Crippen LogP contribution in [0, 0.1) is 10.1 Å². The molecule has 3 rings (SSSR count). The average molecular weight is 356 g/mol. The minimum Gasteiger partial charge on any atom is -0.444 e. The molecule has 0 amide bonds. The van der Waals surface area contributed by atoms with Gasteiger partial charge in [0.25, 0.3) is 0 Å². The zero-order chi connectivity index (χ0) is 18.0. The first-order chi connectivity index (χ1) is 11.8. The van der Waals surface area contributed by atoms with Gasteiger partial charge in [-0.05, 0) is 22.6 Å². The second kappa shape index (κ2) is 6.71. The molecule has 0 fully saturated rings. The summed E-state index contributed by atoms with van der Waals surface area (Å²) in [6.45, 7) is 2.31. The van der Waals surface area contributed by atoms with Crippen LogP contribution in [0.15, 0.2) is 30.5 Å². The Bertz CT molecular complexity index is 758. The first-order valence-corrected chi connectivity index (χ1v) is 7.56. The highest BCUT2D eigenvalue weighted by Gasteiger charge is 2.30. The molecule has 2 heterocycles. The largest absolute Gasteiger partial charge is 0.444 e. The highest BCUT2D eigenvalue weighted by atomic mass is 19.4. The summed E-state index contributed by atoms with van der Waals surface area (Å²) in [7, 11) is 0. The molecule has 134 valence electrons.